The van der Waals surface area contributed by atoms with Gasteiger partial charge in [-0.2, -0.15) is 0 Å². The van der Waals surface area contributed by atoms with Gasteiger partial charge in [0.05, 0.1) is 4.75 Å². The van der Waals surface area contributed by atoms with Gasteiger partial charge in [-0.25, -0.2) is 13.1 Å². The van der Waals surface area contributed by atoms with E-state index in [0.29, 0.717) is 5.41 Å². The van der Waals surface area contributed by atoms with Crippen molar-refractivity contribution in [2.24, 2.45) is 5.41 Å². The smallest absolute Gasteiger partial charge is 0.212 e. The van der Waals surface area contributed by atoms with E-state index in [0.717, 1.165) is 12.8 Å². The van der Waals surface area contributed by atoms with Crippen molar-refractivity contribution in [1.29, 1.82) is 0 Å². The van der Waals surface area contributed by atoms with Crippen LogP contribution in [0.25, 0.3) is 0 Å². The summed E-state index contributed by atoms with van der Waals surface area (Å²) >= 11 is 0. The standard InChI is InChI=1S/C15H33NO2S/c1-13(16-19(17,18)15(5,6)7)11-9-8-10-12-14(2,3)4/h13,16H,8-12H2,1-7H3/t13-/m0/s1. The SMILES string of the molecule is C[C@@H](CCCCCC(C)(C)C)NS(=O)(=O)C(C)(C)C. The third kappa shape index (κ3) is 8.64. The van der Waals surface area contributed by atoms with Gasteiger partial charge in [-0.05, 0) is 46.0 Å². The lowest BCUT2D eigenvalue weighted by Gasteiger charge is -2.23. The molecule has 0 aliphatic carbocycles. The first-order valence-corrected chi connectivity index (χ1v) is 8.85. The summed E-state index contributed by atoms with van der Waals surface area (Å²) < 4.78 is 26.0. The van der Waals surface area contributed by atoms with Crippen LogP contribution in [0.2, 0.25) is 0 Å². The zero-order valence-corrected chi connectivity index (χ0v) is 14.7. The van der Waals surface area contributed by atoms with Crippen LogP contribution in [0.1, 0.15) is 80.6 Å². The molecule has 0 radical (unpaired) electrons. The monoisotopic (exact) mass is 291 g/mol. The number of rotatable bonds is 7. The second kappa shape index (κ2) is 7.07. The van der Waals surface area contributed by atoms with Crippen molar-refractivity contribution in [2.75, 3.05) is 0 Å². The van der Waals surface area contributed by atoms with Crippen molar-refractivity contribution < 1.29 is 8.42 Å². The van der Waals surface area contributed by atoms with Gasteiger partial charge >= 0.3 is 0 Å². The Bertz CT molecular complexity index is 347. The fourth-order valence-corrected chi connectivity index (χ4v) is 2.78. The van der Waals surface area contributed by atoms with Gasteiger partial charge in [0.2, 0.25) is 10.0 Å². The van der Waals surface area contributed by atoms with Gasteiger partial charge < -0.3 is 0 Å². The molecular weight excluding hydrogens is 258 g/mol. The van der Waals surface area contributed by atoms with Crippen molar-refractivity contribution in [3.05, 3.63) is 0 Å². The largest absolute Gasteiger partial charge is 0.216 e. The number of sulfonamides is 1. The molecular formula is C15H33NO2S. The molecule has 3 nitrogen and oxygen atoms in total. The molecule has 0 saturated carbocycles. The predicted octanol–water partition coefficient (Wildman–Crippen LogP) is 4.09. The number of hydrogen-bond acceptors (Lipinski definition) is 2. The molecule has 0 bridgehead atoms. The van der Waals surface area contributed by atoms with E-state index in [2.05, 4.69) is 25.5 Å². The van der Waals surface area contributed by atoms with E-state index in [-0.39, 0.29) is 6.04 Å². The van der Waals surface area contributed by atoms with Crippen LogP contribution in [0.3, 0.4) is 0 Å². The summed E-state index contributed by atoms with van der Waals surface area (Å²) in [6.07, 6.45) is 5.64. The van der Waals surface area contributed by atoms with Gasteiger partial charge in [0.25, 0.3) is 0 Å². The Morgan fingerprint density at radius 2 is 1.47 bits per heavy atom. The fourth-order valence-electron chi connectivity index (χ4n) is 1.78. The Balaban J connectivity index is 3.93. The second-order valence-corrected chi connectivity index (χ2v) is 10.3. The van der Waals surface area contributed by atoms with Gasteiger partial charge in [-0.15, -0.1) is 0 Å². The van der Waals surface area contributed by atoms with E-state index in [4.69, 9.17) is 0 Å². The molecule has 0 saturated heterocycles. The summed E-state index contributed by atoms with van der Waals surface area (Å²) in [5.74, 6) is 0. The molecule has 0 aliphatic heterocycles. The Labute approximate surface area is 120 Å². The van der Waals surface area contributed by atoms with Crippen molar-refractivity contribution in [2.45, 2.75) is 91.4 Å². The zero-order chi connectivity index (χ0) is 15.3. The minimum absolute atomic E-state index is 0.0267. The minimum atomic E-state index is -3.21. The Morgan fingerprint density at radius 1 is 0.947 bits per heavy atom. The molecule has 0 rings (SSSR count). The van der Waals surface area contributed by atoms with Gasteiger partial charge in [0, 0.05) is 6.04 Å². The van der Waals surface area contributed by atoms with Crippen molar-refractivity contribution >= 4 is 10.0 Å². The lowest BCUT2D eigenvalue weighted by molar-refractivity contribution is 0.355. The number of nitrogens with one attached hydrogen (secondary N) is 1. The molecule has 0 aliphatic rings. The molecule has 0 aromatic heterocycles. The molecule has 0 spiro atoms. The minimum Gasteiger partial charge on any atom is -0.212 e. The molecule has 0 amide bonds. The maximum atomic E-state index is 12.0. The molecule has 1 N–H and O–H groups in total. The van der Waals surface area contributed by atoms with Crippen molar-refractivity contribution in [3.63, 3.8) is 0 Å². The first kappa shape index (κ1) is 18.9. The topological polar surface area (TPSA) is 46.2 Å². The van der Waals surface area contributed by atoms with Crippen LogP contribution in [0, 0.1) is 5.41 Å². The summed E-state index contributed by atoms with van der Waals surface area (Å²) in [5, 5.41) is 0. The molecule has 0 fully saturated rings. The highest BCUT2D eigenvalue weighted by molar-refractivity contribution is 7.90. The summed E-state index contributed by atoms with van der Waals surface area (Å²) in [4.78, 5) is 0. The molecule has 0 heterocycles. The van der Waals surface area contributed by atoms with Crippen LogP contribution in [0.15, 0.2) is 0 Å². The summed E-state index contributed by atoms with van der Waals surface area (Å²) in [6.45, 7) is 13.9. The Kier molecular flexibility index (Phi) is 7.04. The fraction of sp³-hybridized carbons (Fsp3) is 1.00. The van der Waals surface area contributed by atoms with E-state index in [9.17, 15) is 8.42 Å². The Hall–Kier alpha value is -0.0900. The highest BCUT2D eigenvalue weighted by atomic mass is 32.2. The number of unbranched alkanes of at least 4 members (excludes halogenated alkanes) is 2. The first-order valence-electron chi connectivity index (χ1n) is 7.37. The summed E-state index contributed by atoms with van der Waals surface area (Å²) in [7, 11) is -3.21. The third-order valence-corrected chi connectivity index (χ3v) is 5.55. The lowest BCUT2D eigenvalue weighted by atomic mass is 9.89. The van der Waals surface area contributed by atoms with Crippen LogP contribution < -0.4 is 4.72 Å². The second-order valence-electron chi connectivity index (χ2n) is 7.79. The van der Waals surface area contributed by atoms with E-state index < -0.39 is 14.8 Å². The van der Waals surface area contributed by atoms with Crippen molar-refractivity contribution in [3.8, 4) is 0 Å². The summed E-state index contributed by atoms with van der Waals surface area (Å²) in [6, 6.07) is 0.0267. The van der Waals surface area contributed by atoms with Crippen molar-refractivity contribution in [1.82, 2.24) is 4.72 Å². The average molecular weight is 292 g/mol. The van der Waals surface area contributed by atoms with Crippen LogP contribution in [0.4, 0.5) is 0 Å². The van der Waals surface area contributed by atoms with Gasteiger partial charge in [0.15, 0.2) is 0 Å². The molecule has 0 aromatic rings. The highest BCUT2D eigenvalue weighted by Gasteiger charge is 2.29. The van der Waals surface area contributed by atoms with E-state index in [1.807, 2.05) is 6.92 Å². The molecule has 1 atom stereocenters. The van der Waals surface area contributed by atoms with E-state index in [1.54, 1.807) is 20.8 Å². The van der Waals surface area contributed by atoms with Gasteiger partial charge in [-0.3, -0.25) is 0 Å². The zero-order valence-electron chi connectivity index (χ0n) is 13.8. The van der Waals surface area contributed by atoms with Gasteiger partial charge in [-0.1, -0.05) is 40.0 Å². The predicted molar refractivity (Wildman–Crippen MR) is 83.8 cm³/mol. The molecule has 4 heteroatoms. The first-order chi connectivity index (χ1) is 8.35. The van der Waals surface area contributed by atoms with Crippen LogP contribution in [-0.2, 0) is 10.0 Å². The highest BCUT2D eigenvalue weighted by Crippen LogP contribution is 2.22. The number of hydrogen-bond donors (Lipinski definition) is 1. The Morgan fingerprint density at radius 3 is 1.89 bits per heavy atom. The molecule has 0 aromatic carbocycles. The summed E-state index contributed by atoms with van der Waals surface area (Å²) in [5.41, 5.74) is 0.402. The quantitative estimate of drug-likeness (QED) is 0.718. The molecule has 116 valence electrons. The van der Waals surface area contributed by atoms with Crippen LogP contribution in [-0.4, -0.2) is 19.2 Å². The molecule has 19 heavy (non-hydrogen) atoms. The maximum absolute atomic E-state index is 12.0. The third-order valence-electron chi connectivity index (χ3n) is 3.23. The van der Waals surface area contributed by atoms with E-state index in [1.165, 1.54) is 19.3 Å². The average Bonchev–Trinajstić information content (AvgIpc) is 2.12. The lowest BCUT2D eigenvalue weighted by Crippen LogP contribution is -2.43. The van der Waals surface area contributed by atoms with Crippen LogP contribution >= 0.6 is 0 Å². The maximum Gasteiger partial charge on any atom is 0.216 e. The van der Waals surface area contributed by atoms with E-state index >= 15 is 0 Å². The normalized spacial score (nSPS) is 15.5. The van der Waals surface area contributed by atoms with Crippen LogP contribution in [0.5, 0.6) is 0 Å². The van der Waals surface area contributed by atoms with Gasteiger partial charge in [0.1, 0.15) is 0 Å². The molecule has 0 unspecified atom stereocenters.